The summed E-state index contributed by atoms with van der Waals surface area (Å²) in [6.45, 7) is 6.88. The maximum atomic E-state index is 14.4. The monoisotopic (exact) mass is 417 g/mol. The minimum atomic E-state index is -0.547. The zero-order valence-electron chi connectivity index (χ0n) is 17.2. The molecule has 0 spiro atoms. The number of benzene rings is 1. The second-order valence-electron chi connectivity index (χ2n) is 7.64. The van der Waals surface area contributed by atoms with Gasteiger partial charge in [0.1, 0.15) is 5.82 Å². The van der Waals surface area contributed by atoms with E-state index in [-0.39, 0.29) is 23.5 Å². The SMILES string of the molecule is CC(=O)Oc1cc2c(s1)CCN(C(C(=O)C1CC1)c1ccccc1F)C2.CCC. The highest BCUT2D eigenvalue weighted by Gasteiger charge is 2.40. The summed E-state index contributed by atoms with van der Waals surface area (Å²) in [6.07, 6.45) is 3.82. The van der Waals surface area contributed by atoms with E-state index in [1.54, 1.807) is 18.2 Å². The van der Waals surface area contributed by atoms with E-state index in [4.69, 9.17) is 4.74 Å². The molecule has 1 atom stereocenters. The van der Waals surface area contributed by atoms with Gasteiger partial charge in [0.15, 0.2) is 10.8 Å². The minimum absolute atomic E-state index is 0.0556. The van der Waals surface area contributed by atoms with Crippen LogP contribution < -0.4 is 4.74 Å². The first-order valence-electron chi connectivity index (χ1n) is 10.3. The lowest BCUT2D eigenvalue weighted by molar-refractivity contribution is -0.131. The van der Waals surface area contributed by atoms with Gasteiger partial charge in [0.2, 0.25) is 0 Å². The van der Waals surface area contributed by atoms with Gasteiger partial charge in [0, 0.05) is 36.4 Å². The molecule has 4 rings (SSSR count). The number of carbonyl (C=O) groups excluding carboxylic acids is 2. The molecule has 1 aromatic carbocycles. The van der Waals surface area contributed by atoms with Gasteiger partial charge in [-0.3, -0.25) is 14.5 Å². The molecule has 2 aromatic rings. The van der Waals surface area contributed by atoms with E-state index in [2.05, 4.69) is 18.7 Å². The quantitative estimate of drug-likeness (QED) is 0.619. The normalized spacial score (nSPS) is 17.0. The summed E-state index contributed by atoms with van der Waals surface area (Å²) in [4.78, 5) is 27.4. The van der Waals surface area contributed by atoms with Crippen molar-refractivity contribution in [1.29, 1.82) is 0 Å². The van der Waals surface area contributed by atoms with Gasteiger partial charge in [-0.05, 0) is 37.0 Å². The van der Waals surface area contributed by atoms with Crippen LogP contribution in [-0.4, -0.2) is 23.2 Å². The van der Waals surface area contributed by atoms with E-state index in [9.17, 15) is 14.0 Å². The number of carbonyl (C=O) groups is 2. The Morgan fingerprint density at radius 3 is 2.59 bits per heavy atom. The van der Waals surface area contributed by atoms with E-state index in [0.717, 1.165) is 24.8 Å². The molecule has 1 aliphatic heterocycles. The molecule has 1 fully saturated rings. The zero-order valence-corrected chi connectivity index (χ0v) is 18.1. The lowest BCUT2D eigenvalue weighted by atomic mass is 9.95. The number of ether oxygens (including phenoxy) is 1. The number of halogens is 1. The average molecular weight is 418 g/mol. The third-order valence-electron chi connectivity index (χ3n) is 4.93. The molecule has 1 saturated carbocycles. The summed E-state index contributed by atoms with van der Waals surface area (Å²) in [5.74, 6) is -0.495. The molecule has 1 unspecified atom stereocenters. The van der Waals surface area contributed by atoms with Gasteiger partial charge in [-0.2, -0.15) is 0 Å². The number of esters is 1. The maximum absolute atomic E-state index is 14.4. The first-order chi connectivity index (χ1) is 13.9. The van der Waals surface area contributed by atoms with Gasteiger partial charge in [-0.25, -0.2) is 4.39 Å². The van der Waals surface area contributed by atoms with Crippen molar-refractivity contribution >= 4 is 23.1 Å². The Bertz CT molecular complexity index is 875. The highest BCUT2D eigenvalue weighted by atomic mass is 32.1. The van der Waals surface area contributed by atoms with Crippen LogP contribution in [0.2, 0.25) is 0 Å². The van der Waals surface area contributed by atoms with Gasteiger partial charge >= 0.3 is 5.97 Å². The molecule has 0 radical (unpaired) electrons. The lowest BCUT2D eigenvalue weighted by Crippen LogP contribution is -2.38. The molecule has 0 amide bonds. The van der Waals surface area contributed by atoms with Gasteiger partial charge < -0.3 is 4.74 Å². The summed E-state index contributed by atoms with van der Waals surface area (Å²) >= 11 is 1.47. The third-order valence-corrected chi connectivity index (χ3v) is 6.05. The Morgan fingerprint density at radius 1 is 1.28 bits per heavy atom. The molecule has 4 nitrogen and oxygen atoms in total. The summed E-state index contributed by atoms with van der Waals surface area (Å²) in [5.41, 5.74) is 1.52. The summed E-state index contributed by atoms with van der Waals surface area (Å²) in [7, 11) is 0. The number of hydrogen-bond acceptors (Lipinski definition) is 5. The Hall–Kier alpha value is -2.05. The zero-order chi connectivity index (χ0) is 21.0. The Morgan fingerprint density at radius 2 is 1.97 bits per heavy atom. The van der Waals surface area contributed by atoms with Crippen molar-refractivity contribution in [3.8, 4) is 5.06 Å². The van der Waals surface area contributed by atoms with Crippen molar-refractivity contribution in [2.24, 2.45) is 5.92 Å². The molecule has 29 heavy (non-hydrogen) atoms. The molecule has 1 aliphatic carbocycles. The Kier molecular flexibility index (Phi) is 7.19. The fourth-order valence-electron chi connectivity index (χ4n) is 3.56. The van der Waals surface area contributed by atoms with Crippen molar-refractivity contribution < 1.29 is 18.7 Å². The Balaban J connectivity index is 0.000000755. The summed E-state index contributed by atoms with van der Waals surface area (Å²) < 4.78 is 19.6. The molecule has 0 bridgehead atoms. The predicted molar refractivity (Wildman–Crippen MR) is 113 cm³/mol. The van der Waals surface area contributed by atoms with Crippen LogP contribution in [0, 0.1) is 11.7 Å². The number of Topliss-reactive ketones (excluding diaryl/α,β-unsaturated/α-hetero) is 1. The molecular formula is C23H28FNO3S. The number of thiophene rings is 1. The minimum Gasteiger partial charge on any atom is -0.416 e. The smallest absolute Gasteiger partial charge is 0.308 e. The van der Waals surface area contributed by atoms with E-state index < -0.39 is 6.04 Å². The summed E-state index contributed by atoms with van der Waals surface area (Å²) in [5, 5.41) is 0.584. The fourth-order valence-corrected chi connectivity index (χ4v) is 4.61. The molecule has 2 heterocycles. The molecule has 1 aromatic heterocycles. The Labute approximate surface area is 175 Å². The average Bonchev–Trinajstić information content (AvgIpc) is 3.44. The molecule has 156 valence electrons. The highest BCUT2D eigenvalue weighted by molar-refractivity contribution is 7.14. The van der Waals surface area contributed by atoms with E-state index in [1.807, 2.05) is 6.07 Å². The van der Waals surface area contributed by atoms with Crippen LogP contribution in [-0.2, 0) is 22.6 Å². The predicted octanol–water partition coefficient (Wildman–Crippen LogP) is 5.31. The largest absolute Gasteiger partial charge is 0.416 e. The molecule has 2 aliphatic rings. The van der Waals surface area contributed by atoms with Crippen molar-refractivity contribution in [3.63, 3.8) is 0 Å². The van der Waals surface area contributed by atoms with Crippen molar-refractivity contribution in [2.45, 2.75) is 59.0 Å². The van der Waals surface area contributed by atoms with Gasteiger partial charge in [0.05, 0.1) is 6.04 Å². The first kappa shape index (κ1) is 21.7. The lowest BCUT2D eigenvalue weighted by Gasteiger charge is -2.34. The molecule has 0 N–H and O–H groups in total. The third kappa shape index (κ3) is 5.31. The van der Waals surface area contributed by atoms with Crippen LogP contribution in [0.15, 0.2) is 30.3 Å². The van der Waals surface area contributed by atoms with Crippen LogP contribution in [0.1, 0.15) is 62.1 Å². The van der Waals surface area contributed by atoms with Gasteiger partial charge in [-0.15, -0.1) is 11.3 Å². The highest BCUT2D eigenvalue weighted by Crippen LogP contribution is 2.41. The molecule has 6 heteroatoms. The van der Waals surface area contributed by atoms with Crippen molar-refractivity contribution in [3.05, 3.63) is 52.2 Å². The molecule has 0 saturated heterocycles. The van der Waals surface area contributed by atoms with Crippen LogP contribution in [0.4, 0.5) is 4.39 Å². The van der Waals surface area contributed by atoms with Crippen LogP contribution >= 0.6 is 11.3 Å². The fraction of sp³-hybridized carbons (Fsp3) is 0.478. The second kappa shape index (κ2) is 9.63. The number of nitrogens with zero attached hydrogens (tertiary/aromatic N) is 1. The second-order valence-corrected chi connectivity index (χ2v) is 8.74. The van der Waals surface area contributed by atoms with E-state index >= 15 is 0 Å². The number of rotatable bonds is 5. The number of hydrogen-bond donors (Lipinski definition) is 0. The van der Waals surface area contributed by atoms with Gasteiger partial charge in [-0.1, -0.05) is 38.5 Å². The van der Waals surface area contributed by atoms with Crippen molar-refractivity contribution in [1.82, 2.24) is 4.90 Å². The summed E-state index contributed by atoms with van der Waals surface area (Å²) in [6, 6.07) is 7.89. The van der Waals surface area contributed by atoms with E-state index in [0.29, 0.717) is 23.7 Å². The van der Waals surface area contributed by atoms with Crippen LogP contribution in [0.5, 0.6) is 5.06 Å². The standard InChI is InChI=1S/C20H20FNO3S.C3H8/c1-12(23)25-18-10-14-11-22(9-8-17(14)26-18)19(20(24)13-6-7-13)15-4-2-3-5-16(15)21;1-3-2/h2-5,10,13,19H,6-9,11H2,1H3;3H2,1-2H3. The van der Waals surface area contributed by atoms with Crippen LogP contribution in [0.25, 0.3) is 0 Å². The molecular weight excluding hydrogens is 389 g/mol. The maximum Gasteiger partial charge on any atom is 0.308 e. The van der Waals surface area contributed by atoms with E-state index in [1.165, 1.54) is 35.6 Å². The number of ketones is 1. The van der Waals surface area contributed by atoms with Crippen molar-refractivity contribution in [2.75, 3.05) is 6.54 Å². The van der Waals surface area contributed by atoms with Crippen LogP contribution in [0.3, 0.4) is 0 Å². The number of fused-ring (bicyclic) bond motifs is 1. The first-order valence-corrected chi connectivity index (χ1v) is 11.1. The topological polar surface area (TPSA) is 46.6 Å². The van der Waals surface area contributed by atoms with Gasteiger partial charge in [0.25, 0.3) is 0 Å².